The Kier molecular flexibility index (Phi) is 7.28. The number of methoxy groups -OCH3 is 2. The van der Waals surface area contributed by atoms with Crippen LogP contribution in [-0.4, -0.2) is 53.0 Å². The first-order valence-corrected chi connectivity index (χ1v) is 11.4. The maximum Gasteiger partial charge on any atom is 0.437 e. The number of piperidine rings is 1. The molecule has 0 bridgehead atoms. The summed E-state index contributed by atoms with van der Waals surface area (Å²) in [5.74, 6) is -0.104. The molecule has 2 heterocycles. The van der Waals surface area contributed by atoms with Gasteiger partial charge < -0.3 is 23.9 Å². The fourth-order valence-electron chi connectivity index (χ4n) is 4.08. The molecule has 9 nitrogen and oxygen atoms in total. The molecule has 0 spiro atoms. The number of rotatable bonds is 7. The van der Waals surface area contributed by atoms with Crippen molar-refractivity contribution in [1.29, 1.82) is 0 Å². The number of aliphatic hydroxyl groups is 1. The minimum atomic E-state index is -0.966. The van der Waals surface area contributed by atoms with Crippen LogP contribution in [0.5, 0.6) is 11.5 Å². The largest absolute Gasteiger partial charge is 0.493 e. The van der Waals surface area contributed by atoms with Gasteiger partial charge in [-0.3, -0.25) is 4.79 Å². The van der Waals surface area contributed by atoms with Crippen LogP contribution in [0.15, 0.2) is 51.7 Å². The van der Waals surface area contributed by atoms with Crippen molar-refractivity contribution >= 4 is 29.7 Å². The zero-order chi connectivity index (χ0) is 25.0. The standard InChI is InChI=1S/C25H26ClN3O6/c1-33-19-10-8-17(22(26)23(19)34-2)9-11-20-27-29(24(31)35-20)16-21(30)28-14-12-25(32,13-15-28)18-6-4-3-5-7-18/h3-11,32H,12-16H2,1-2H3/b11-9+. The average Bonchev–Trinajstić information content (AvgIpc) is 3.22. The van der Waals surface area contributed by atoms with E-state index in [1.807, 2.05) is 30.3 Å². The van der Waals surface area contributed by atoms with E-state index in [1.165, 1.54) is 20.3 Å². The second kappa shape index (κ2) is 10.4. The SMILES string of the molecule is COc1ccc(/C=C/c2nn(CC(=O)N3CCC(O)(c4ccccc4)CC3)c(=O)o2)c(Cl)c1OC. The van der Waals surface area contributed by atoms with Crippen molar-refractivity contribution < 1.29 is 23.8 Å². The van der Waals surface area contributed by atoms with Gasteiger partial charge >= 0.3 is 5.76 Å². The monoisotopic (exact) mass is 499 g/mol. The van der Waals surface area contributed by atoms with Gasteiger partial charge in [0.1, 0.15) is 6.54 Å². The Morgan fingerprint density at radius 1 is 1.14 bits per heavy atom. The van der Waals surface area contributed by atoms with Crippen molar-refractivity contribution in [2.24, 2.45) is 0 Å². The second-order valence-electron chi connectivity index (χ2n) is 8.18. The molecule has 10 heteroatoms. The molecule has 4 rings (SSSR count). The third-order valence-corrected chi connectivity index (χ3v) is 6.47. The van der Waals surface area contributed by atoms with Crippen LogP contribution in [0.25, 0.3) is 12.2 Å². The number of hydrogen-bond donors (Lipinski definition) is 1. The lowest BCUT2D eigenvalue weighted by molar-refractivity contribution is -0.136. The Hall–Kier alpha value is -3.56. The molecule has 0 aliphatic carbocycles. The lowest BCUT2D eigenvalue weighted by atomic mass is 9.84. The third kappa shape index (κ3) is 5.26. The summed E-state index contributed by atoms with van der Waals surface area (Å²) in [4.78, 5) is 26.6. The number of ether oxygens (including phenoxy) is 2. The number of amides is 1. The number of hydrogen-bond acceptors (Lipinski definition) is 7. The van der Waals surface area contributed by atoms with Crippen LogP contribution in [0.4, 0.5) is 0 Å². The van der Waals surface area contributed by atoms with E-state index in [4.69, 9.17) is 25.5 Å². The van der Waals surface area contributed by atoms with Gasteiger partial charge in [-0.1, -0.05) is 41.9 Å². The molecule has 1 amide bonds. The highest BCUT2D eigenvalue weighted by atomic mass is 35.5. The number of carbonyl (C=O) groups excluding carboxylic acids is 1. The Balaban J connectivity index is 1.41. The van der Waals surface area contributed by atoms with Gasteiger partial charge in [0.05, 0.1) is 24.8 Å². The molecule has 0 saturated carbocycles. The van der Waals surface area contributed by atoms with Crippen LogP contribution in [0, 0.1) is 0 Å². The summed E-state index contributed by atoms with van der Waals surface area (Å²) >= 11 is 6.37. The predicted molar refractivity (Wildman–Crippen MR) is 130 cm³/mol. The van der Waals surface area contributed by atoms with E-state index in [9.17, 15) is 14.7 Å². The van der Waals surface area contributed by atoms with Gasteiger partial charge in [0.15, 0.2) is 11.5 Å². The van der Waals surface area contributed by atoms with E-state index in [-0.39, 0.29) is 18.3 Å². The molecule has 1 aromatic heterocycles. The van der Waals surface area contributed by atoms with E-state index in [0.29, 0.717) is 48.0 Å². The molecule has 2 aromatic carbocycles. The lowest BCUT2D eigenvalue weighted by Gasteiger charge is -2.38. The number of aromatic nitrogens is 2. The van der Waals surface area contributed by atoms with Crippen LogP contribution in [0.2, 0.25) is 5.02 Å². The summed E-state index contributed by atoms with van der Waals surface area (Å²) < 4.78 is 16.6. The van der Waals surface area contributed by atoms with Gasteiger partial charge in [0, 0.05) is 19.2 Å². The lowest BCUT2D eigenvalue weighted by Crippen LogP contribution is -2.46. The molecule has 1 aliphatic heterocycles. The number of benzene rings is 2. The van der Waals surface area contributed by atoms with Gasteiger partial charge in [0.25, 0.3) is 0 Å². The molecule has 3 aromatic rings. The van der Waals surface area contributed by atoms with Crippen molar-refractivity contribution in [2.75, 3.05) is 27.3 Å². The van der Waals surface area contributed by atoms with Gasteiger partial charge in [-0.15, -0.1) is 5.10 Å². The molecule has 1 N–H and O–H groups in total. The molecule has 184 valence electrons. The summed E-state index contributed by atoms with van der Waals surface area (Å²) in [7, 11) is 3.00. The minimum Gasteiger partial charge on any atom is -0.493 e. The number of nitrogens with zero attached hydrogens (tertiary/aromatic N) is 3. The highest BCUT2D eigenvalue weighted by Crippen LogP contribution is 2.38. The molecule has 35 heavy (non-hydrogen) atoms. The van der Waals surface area contributed by atoms with Gasteiger partial charge in [0.2, 0.25) is 11.8 Å². The highest BCUT2D eigenvalue weighted by molar-refractivity contribution is 6.34. The molecule has 0 radical (unpaired) electrons. The Bertz CT molecular complexity index is 1280. The summed E-state index contributed by atoms with van der Waals surface area (Å²) in [5.41, 5.74) is 0.481. The van der Waals surface area contributed by atoms with Crippen molar-refractivity contribution in [1.82, 2.24) is 14.7 Å². The topological polar surface area (TPSA) is 107 Å². The normalized spacial score (nSPS) is 15.4. The van der Waals surface area contributed by atoms with Crippen molar-refractivity contribution in [2.45, 2.75) is 25.0 Å². The van der Waals surface area contributed by atoms with Crippen LogP contribution in [0.1, 0.15) is 29.9 Å². The van der Waals surface area contributed by atoms with Crippen LogP contribution >= 0.6 is 11.6 Å². The Morgan fingerprint density at radius 2 is 1.86 bits per heavy atom. The maximum atomic E-state index is 12.8. The molecule has 0 unspecified atom stereocenters. The van der Waals surface area contributed by atoms with E-state index < -0.39 is 11.4 Å². The summed E-state index contributed by atoms with van der Waals surface area (Å²) in [6, 6.07) is 12.9. The maximum absolute atomic E-state index is 12.8. The average molecular weight is 500 g/mol. The third-order valence-electron chi connectivity index (χ3n) is 6.08. The van der Waals surface area contributed by atoms with Crippen LogP contribution in [0.3, 0.4) is 0 Å². The zero-order valence-electron chi connectivity index (χ0n) is 19.4. The quantitative estimate of drug-likeness (QED) is 0.532. The fourth-order valence-corrected chi connectivity index (χ4v) is 4.37. The van der Waals surface area contributed by atoms with E-state index >= 15 is 0 Å². The molecular formula is C25H26ClN3O6. The van der Waals surface area contributed by atoms with E-state index in [0.717, 1.165) is 10.2 Å². The molecular weight excluding hydrogens is 474 g/mol. The summed E-state index contributed by atoms with van der Waals surface area (Å²) in [6.45, 7) is 0.500. The smallest absolute Gasteiger partial charge is 0.437 e. The van der Waals surface area contributed by atoms with Crippen LogP contribution < -0.4 is 15.2 Å². The number of halogens is 1. The predicted octanol–water partition coefficient (Wildman–Crippen LogP) is 3.19. The van der Waals surface area contributed by atoms with Crippen molar-refractivity contribution in [3.05, 3.63) is 75.1 Å². The van der Waals surface area contributed by atoms with Crippen LogP contribution in [-0.2, 0) is 16.9 Å². The molecule has 1 aliphatic rings. The molecule has 0 atom stereocenters. The Morgan fingerprint density at radius 3 is 2.51 bits per heavy atom. The van der Waals surface area contributed by atoms with E-state index in [1.54, 1.807) is 23.1 Å². The second-order valence-corrected chi connectivity index (χ2v) is 8.56. The first kappa shape index (κ1) is 24.6. The first-order valence-electron chi connectivity index (χ1n) is 11.1. The summed E-state index contributed by atoms with van der Waals surface area (Å²) in [5, 5.41) is 15.4. The first-order chi connectivity index (χ1) is 16.8. The number of carbonyl (C=O) groups is 1. The number of likely N-dealkylation sites (tertiary alicyclic amines) is 1. The van der Waals surface area contributed by atoms with Gasteiger partial charge in [-0.2, -0.15) is 4.68 Å². The Labute approximate surface area is 207 Å². The molecule has 1 saturated heterocycles. The van der Waals surface area contributed by atoms with Gasteiger partial charge in [-0.05, 0) is 42.2 Å². The zero-order valence-corrected chi connectivity index (χ0v) is 20.2. The van der Waals surface area contributed by atoms with Crippen molar-refractivity contribution in [3.8, 4) is 11.5 Å². The fraction of sp³-hybridized carbons (Fsp3) is 0.320. The highest BCUT2D eigenvalue weighted by Gasteiger charge is 2.35. The molecule has 1 fully saturated rings. The van der Waals surface area contributed by atoms with Crippen molar-refractivity contribution in [3.63, 3.8) is 0 Å². The minimum absolute atomic E-state index is 0.0331. The summed E-state index contributed by atoms with van der Waals surface area (Å²) in [6.07, 6.45) is 3.93. The van der Waals surface area contributed by atoms with E-state index in [2.05, 4.69) is 5.10 Å². The van der Waals surface area contributed by atoms with Gasteiger partial charge in [-0.25, -0.2) is 4.79 Å².